The SMILES string of the molecule is COc1ccc(C(=O)Nc2ncnc(=S)[nH]2)cc1. The van der Waals surface area contributed by atoms with Crippen molar-refractivity contribution >= 4 is 24.1 Å². The number of methoxy groups -OCH3 is 1. The normalized spacial score (nSPS) is 9.83. The predicted octanol–water partition coefficient (Wildman–Crippen LogP) is 1.80. The van der Waals surface area contributed by atoms with Crippen molar-refractivity contribution < 1.29 is 9.53 Å². The van der Waals surface area contributed by atoms with Gasteiger partial charge in [0.1, 0.15) is 12.1 Å². The average Bonchev–Trinajstić information content (AvgIpc) is 2.39. The highest BCUT2D eigenvalue weighted by Crippen LogP contribution is 2.12. The topological polar surface area (TPSA) is 79.9 Å². The third-order valence-corrected chi connectivity index (χ3v) is 2.38. The molecule has 1 heterocycles. The van der Waals surface area contributed by atoms with Gasteiger partial charge >= 0.3 is 0 Å². The third-order valence-electron chi connectivity index (χ3n) is 2.17. The fraction of sp³-hybridized carbons (Fsp3) is 0.0909. The minimum atomic E-state index is -0.290. The van der Waals surface area contributed by atoms with Crippen molar-refractivity contribution in [1.29, 1.82) is 0 Å². The van der Waals surface area contributed by atoms with Crippen LogP contribution in [0.2, 0.25) is 0 Å². The van der Waals surface area contributed by atoms with Crippen LogP contribution in [-0.4, -0.2) is 28.0 Å². The van der Waals surface area contributed by atoms with E-state index in [0.717, 1.165) is 0 Å². The molecule has 92 valence electrons. The zero-order chi connectivity index (χ0) is 13.0. The molecular weight excluding hydrogens is 252 g/mol. The van der Waals surface area contributed by atoms with Crippen LogP contribution in [-0.2, 0) is 0 Å². The van der Waals surface area contributed by atoms with Crippen LogP contribution in [0.1, 0.15) is 10.4 Å². The summed E-state index contributed by atoms with van der Waals surface area (Å²) in [6.45, 7) is 0. The zero-order valence-corrected chi connectivity index (χ0v) is 10.3. The van der Waals surface area contributed by atoms with E-state index in [0.29, 0.717) is 11.3 Å². The summed E-state index contributed by atoms with van der Waals surface area (Å²) in [5.41, 5.74) is 0.494. The molecule has 6 nitrogen and oxygen atoms in total. The summed E-state index contributed by atoms with van der Waals surface area (Å²) >= 11 is 4.83. The lowest BCUT2D eigenvalue weighted by atomic mass is 10.2. The second kappa shape index (κ2) is 5.37. The first kappa shape index (κ1) is 12.2. The summed E-state index contributed by atoms with van der Waals surface area (Å²) in [7, 11) is 1.57. The number of nitrogens with one attached hydrogen (secondary N) is 2. The molecule has 0 unspecified atom stereocenters. The molecule has 0 bridgehead atoms. The van der Waals surface area contributed by atoms with E-state index in [2.05, 4.69) is 20.3 Å². The van der Waals surface area contributed by atoms with E-state index in [1.165, 1.54) is 6.33 Å². The van der Waals surface area contributed by atoms with Crippen LogP contribution >= 0.6 is 12.2 Å². The van der Waals surface area contributed by atoms with Gasteiger partial charge in [0.05, 0.1) is 7.11 Å². The van der Waals surface area contributed by atoms with E-state index in [4.69, 9.17) is 17.0 Å². The molecule has 2 rings (SSSR count). The largest absolute Gasteiger partial charge is 0.497 e. The quantitative estimate of drug-likeness (QED) is 0.824. The van der Waals surface area contributed by atoms with Gasteiger partial charge in [-0.1, -0.05) is 0 Å². The van der Waals surface area contributed by atoms with Gasteiger partial charge in [0, 0.05) is 5.56 Å². The van der Waals surface area contributed by atoms with Crippen molar-refractivity contribution in [2.45, 2.75) is 0 Å². The Morgan fingerprint density at radius 1 is 1.33 bits per heavy atom. The van der Waals surface area contributed by atoms with Crippen molar-refractivity contribution in [2.24, 2.45) is 0 Å². The van der Waals surface area contributed by atoms with E-state index in [1.807, 2.05) is 0 Å². The van der Waals surface area contributed by atoms with Crippen LogP contribution in [0.25, 0.3) is 0 Å². The highest BCUT2D eigenvalue weighted by atomic mass is 32.1. The maximum Gasteiger partial charge on any atom is 0.257 e. The second-order valence-corrected chi connectivity index (χ2v) is 3.72. The van der Waals surface area contributed by atoms with Crippen molar-refractivity contribution in [2.75, 3.05) is 12.4 Å². The fourth-order valence-electron chi connectivity index (χ4n) is 1.29. The van der Waals surface area contributed by atoms with Gasteiger partial charge in [-0.3, -0.25) is 10.1 Å². The molecule has 0 saturated carbocycles. The lowest BCUT2D eigenvalue weighted by Gasteiger charge is -2.04. The highest BCUT2D eigenvalue weighted by Gasteiger charge is 2.06. The van der Waals surface area contributed by atoms with Crippen molar-refractivity contribution in [3.8, 4) is 5.75 Å². The number of carbonyl (C=O) groups excluding carboxylic acids is 1. The van der Waals surface area contributed by atoms with Gasteiger partial charge in [0.15, 0.2) is 0 Å². The molecule has 0 aliphatic heterocycles. The standard InChI is InChI=1S/C11H10N4O2S/c1-17-8-4-2-7(3-5-8)9(16)14-10-12-6-13-11(18)15-10/h2-6H,1H3,(H2,12,13,14,15,16,18). The number of carbonyl (C=O) groups is 1. The summed E-state index contributed by atoms with van der Waals surface area (Å²) < 4.78 is 5.27. The second-order valence-electron chi connectivity index (χ2n) is 3.34. The molecule has 0 spiro atoms. The number of benzene rings is 1. The number of rotatable bonds is 3. The number of H-pyrrole nitrogens is 1. The number of aromatic nitrogens is 3. The summed E-state index contributed by atoms with van der Waals surface area (Å²) in [5.74, 6) is 0.658. The molecule has 7 heteroatoms. The van der Waals surface area contributed by atoms with E-state index in [1.54, 1.807) is 31.4 Å². The Morgan fingerprint density at radius 3 is 2.67 bits per heavy atom. The van der Waals surface area contributed by atoms with Crippen LogP contribution in [0.4, 0.5) is 5.95 Å². The summed E-state index contributed by atoms with van der Waals surface area (Å²) in [6, 6.07) is 6.72. The fourth-order valence-corrected chi connectivity index (χ4v) is 1.43. The number of nitrogens with zero attached hydrogens (tertiary/aromatic N) is 2. The Bertz CT molecular complexity index is 609. The monoisotopic (exact) mass is 262 g/mol. The predicted molar refractivity (Wildman–Crippen MR) is 68.2 cm³/mol. The molecule has 0 fully saturated rings. The number of aromatic amines is 1. The van der Waals surface area contributed by atoms with Crippen LogP contribution in [0, 0.1) is 4.77 Å². The van der Waals surface area contributed by atoms with Gasteiger partial charge in [0.2, 0.25) is 10.7 Å². The lowest BCUT2D eigenvalue weighted by Crippen LogP contribution is -2.14. The molecule has 0 aliphatic carbocycles. The zero-order valence-electron chi connectivity index (χ0n) is 9.51. The van der Waals surface area contributed by atoms with E-state index < -0.39 is 0 Å². The highest BCUT2D eigenvalue weighted by molar-refractivity contribution is 7.71. The number of hydrogen-bond acceptors (Lipinski definition) is 5. The van der Waals surface area contributed by atoms with Crippen LogP contribution < -0.4 is 10.1 Å². The number of hydrogen-bond donors (Lipinski definition) is 2. The Labute approximate surface area is 108 Å². The van der Waals surface area contributed by atoms with Gasteiger partial charge in [-0.05, 0) is 36.5 Å². The Hall–Kier alpha value is -2.28. The maximum atomic E-state index is 11.9. The van der Waals surface area contributed by atoms with Gasteiger partial charge in [-0.25, -0.2) is 9.97 Å². The molecule has 1 aromatic heterocycles. The minimum Gasteiger partial charge on any atom is -0.497 e. The average molecular weight is 262 g/mol. The first-order valence-corrected chi connectivity index (χ1v) is 5.46. The molecule has 2 N–H and O–H groups in total. The van der Waals surface area contributed by atoms with Gasteiger partial charge < -0.3 is 9.72 Å². The molecule has 0 radical (unpaired) electrons. The van der Waals surface area contributed by atoms with Crippen LogP contribution in [0.5, 0.6) is 5.75 Å². The number of ether oxygens (including phenoxy) is 1. The molecule has 18 heavy (non-hydrogen) atoms. The van der Waals surface area contributed by atoms with E-state index in [9.17, 15) is 4.79 Å². The summed E-state index contributed by atoms with van der Waals surface area (Å²) in [4.78, 5) is 22.1. The van der Waals surface area contributed by atoms with Gasteiger partial charge in [-0.15, -0.1) is 0 Å². The number of anilines is 1. The third kappa shape index (κ3) is 2.89. The molecule has 0 saturated heterocycles. The van der Waals surface area contributed by atoms with Crippen molar-refractivity contribution in [3.63, 3.8) is 0 Å². The Kier molecular flexibility index (Phi) is 3.63. The first-order chi connectivity index (χ1) is 8.69. The molecule has 0 atom stereocenters. The molecule has 0 aliphatic rings. The molecule has 2 aromatic rings. The minimum absolute atomic E-state index is 0.259. The molecule has 1 aromatic carbocycles. The van der Waals surface area contributed by atoms with Crippen molar-refractivity contribution in [3.05, 3.63) is 40.9 Å². The molecular formula is C11H10N4O2S. The van der Waals surface area contributed by atoms with E-state index >= 15 is 0 Å². The van der Waals surface area contributed by atoms with E-state index in [-0.39, 0.29) is 16.6 Å². The van der Waals surface area contributed by atoms with Crippen molar-refractivity contribution in [1.82, 2.24) is 15.0 Å². The molecule has 1 amide bonds. The Morgan fingerprint density at radius 2 is 2.06 bits per heavy atom. The lowest BCUT2D eigenvalue weighted by molar-refractivity contribution is 0.102. The Balaban J connectivity index is 2.14. The summed E-state index contributed by atoms with van der Waals surface area (Å²) in [6.07, 6.45) is 1.28. The maximum absolute atomic E-state index is 11.9. The van der Waals surface area contributed by atoms with Crippen LogP contribution in [0.3, 0.4) is 0 Å². The van der Waals surface area contributed by atoms with Gasteiger partial charge in [0.25, 0.3) is 5.91 Å². The first-order valence-electron chi connectivity index (χ1n) is 5.06. The van der Waals surface area contributed by atoms with Crippen LogP contribution in [0.15, 0.2) is 30.6 Å². The van der Waals surface area contributed by atoms with Gasteiger partial charge in [-0.2, -0.15) is 0 Å². The smallest absolute Gasteiger partial charge is 0.257 e. The summed E-state index contributed by atoms with van der Waals surface area (Å²) in [5, 5.41) is 2.58. The number of amides is 1.